The van der Waals surface area contributed by atoms with Gasteiger partial charge in [-0.05, 0) is 12.1 Å². The van der Waals surface area contributed by atoms with Crippen molar-refractivity contribution in [3.63, 3.8) is 0 Å². The first-order chi connectivity index (χ1) is 10.3. The first kappa shape index (κ1) is 14.6. The van der Waals surface area contributed by atoms with Gasteiger partial charge in [-0.1, -0.05) is 23.2 Å². The molecule has 1 aliphatic rings. The number of anilines is 1. The molecule has 1 aromatic heterocycles. The minimum atomic E-state index is -0.965. The third-order valence-electron chi connectivity index (χ3n) is 3.21. The molecule has 0 aliphatic carbocycles. The van der Waals surface area contributed by atoms with Crippen LogP contribution in [0, 0.1) is 5.82 Å². The van der Waals surface area contributed by atoms with E-state index in [-0.39, 0.29) is 32.7 Å². The van der Waals surface area contributed by atoms with Gasteiger partial charge in [0, 0.05) is 6.07 Å². The maximum Gasteiger partial charge on any atom is 0.262 e. The zero-order chi connectivity index (χ0) is 16.2. The molecule has 0 radical (unpaired) electrons. The van der Waals surface area contributed by atoms with E-state index < -0.39 is 23.2 Å². The molecule has 9 heteroatoms. The summed E-state index contributed by atoms with van der Waals surface area (Å²) in [6.45, 7) is 0. The van der Waals surface area contributed by atoms with Gasteiger partial charge >= 0.3 is 0 Å². The molecular formula is C13H6Cl2FN3O3. The van der Waals surface area contributed by atoms with Crippen LogP contribution in [0.25, 0.3) is 5.69 Å². The molecular weight excluding hydrogens is 336 g/mol. The summed E-state index contributed by atoms with van der Waals surface area (Å²) in [6.07, 6.45) is 0. The van der Waals surface area contributed by atoms with Crippen molar-refractivity contribution in [1.82, 2.24) is 9.88 Å². The number of nitrogens with zero attached hydrogens (tertiary/aromatic N) is 1. The molecule has 0 fully saturated rings. The van der Waals surface area contributed by atoms with Gasteiger partial charge in [0.1, 0.15) is 5.82 Å². The maximum absolute atomic E-state index is 14.2. The molecule has 3 rings (SSSR count). The molecule has 0 spiro atoms. The van der Waals surface area contributed by atoms with Crippen molar-refractivity contribution in [2.75, 3.05) is 5.73 Å². The van der Waals surface area contributed by atoms with Gasteiger partial charge in [-0.3, -0.25) is 24.3 Å². The van der Waals surface area contributed by atoms with Crippen molar-refractivity contribution in [2.24, 2.45) is 0 Å². The topological polar surface area (TPSA) is 94.2 Å². The summed E-state index contributed by atoms with van der Waals surface area (Å²) in [4.78, 5) is 35.4. The summed E-state index contributed by atoms with van der Waals surface area (Å²) < 4.78 is 15.0. The summed E-state index contributed by atoms with van der Waals surface area (Å²) >= 11 is 11.4. The average Bonchev–Trinajstić information content (AvgIpc) is 2.73. The number of pyridine rings is 1. The fourth-order valence-electron chi connectivity index (χ4n) is 2.22. The second-order valence-corrected chi connectivity index (χ2v) is 5.25. The van der Waals surface area contributed by atoms with Gasteiger partial charge in [0.2, 0.25) is 0 Å². The Morgan fingerprint density at radius 1 is 1.14 bits per heavy atom. The number of hydrogen-bond acceptors (Lipinski definition) is 4. The Hall–Kier alpha value is -2.38. The predicted octanol–water partition coefficient (Wildman–Crippen LogP) is 1.75. The fraction of sp³-hybridized carbons (Fsp3) is 0. The Morgan fingerprint density at radius 2 is 1.82 bits per heavy atom. The Bertz CT molecular complexity index is 924. The number of fused-ring (bicyclic) bond motifs is 1. The predicted molar refractivity (Wildman–Crippen MR) is 78.2 cm³/mol. The quantitative estimate of drug-likeness (QED) is 0.610. The van der Waals surface area contributed by atoms with Crippen LogP contribution < -0.4 is 16.6 Å². The lowest BCUT2D eigenvalue weighted by atomic mass is 10.1. The molecule has 0 unspecified atom stereocenters. The van der Waals surface area contributed by atoms with Crippen molar-refractivity contribution in [3.05, 3.63) is 55.5 Å². The number of aromatic nitrogens is 1. The standard InChI is InChI=1S/C13H6Cl2FN3O3/c14-5-1-2-6(10(16)9(5)15)19-7(20)3-4-8(11(19)17)13(22)18-12(4)21/h1-3H,17H2,(H,18,21,22). The lowest BCUT2D eigenvalue weighted by molar-refractivity contribution is 0.0880. The number of nitrogen functional groups attached to an aromatic ring is 1. The van der Waals surface area contributed by atoms with Gasteiger partial charge in [-0.2, -0.15) is 0 Å². The van der Waals surface area contributed by atoms with Crippen molar-refractivity contribution in [2.45, 2.75) is 0 Å². The fourth-order valence-corrected chi connectivity index (χ4v) is 2.52. The van der Waals surface area contributed by atoms with E-state index in [4.69, 9.17) is 28.9 Å². The van der Waals surface area contributed by atoms with Crippen LogP contribution in [0.3, 0.4) is 0 Å². The SMILES string of the molecule is Nc1c2c(cc(=O)n1-c1ccc(Cl)c(Cl)c1F)C(=O)NC2=O. The van der Waals surface area contributed by atoms with Crippen LogP contribution in [0.2, 0.25) is 10.0 Å². The normalized spacial score (nSPS) is 13.2. The largest absolute Gasteiger partial charge is 0.384 e. The van der Waals surface area contributed by atoms with Crippen LogP contribution in [0.1, 0.15) is 20.7 Å². The number of halogens is 3. The lowest BCUT2D eigenvalue weighted by Gasteiger charge is -2.13. The van der Waals surface area contributed by atoms with E-state index in [2.05, 4.69) is 0 Å². The molecule has 1 aromatic carbocycles. The molecule has 3 N–H and O–H groups in total. The molecule has 0 atom stereocenters. The van der Waals surface area contributed by atoms with Crippen molar-refractivity contribution in [1.29, 1.82) is 0 Å². The molecule has 1 aliphatic heterocycles. The molecule has 0 saturated heterocycles. The molecule has 2 amide bonds. The Morgan fingerprint density at radius 3 is 2.50 bits per heavy atom. The lowest BCUT2D eigenvalue weighted by Crippen LogP contribution is -2.24. The maximum atomic E-state index is 14.2. The Balaban J connectivity index is 2.38. The zero-order valence-corrected chi connectivity index (χ0v) is 12.1. The minimum absolute atomic E-state index is 0.0383. The van der Waals surface area contributed by atoms with Gasteiger partial charge in [-0.25, -0.2) is 4.39 Å². The summed E-state index contributed by atoms with van der Waals surface area (Å²) in [7, 11) is 0. The van der Waals surface area contributed by atoms with E-state index in [1.165, 1.54) is 12.1 Å². The first-order valence-electron chi connectivity index (χ1n) is 5.88. The number of carbonyl (C=O) groups excluding carboxylic acids is 2. The monoisotopic (exact) mass is 341 g/mol. The third-order valence-corrected chi connectivity index (χ3v) is 3.99. The summed E-state index contributed by atoms with van der Waals surface area (Å²) in [5, 5.41) is 1.59. The molecule has 2 heterocycles. The van der Waals surface area contributed by atoms with Crippen molar-refractivity contribution >= 4 is 40.8 Å². The van der Waals surface area contributed by atoms with Crippen LogP contribution >= 0.6 is 23.2 Å². The van der Waals surface area contributed by atoms with Crippen LogP contribution in [0.4, 0.5) is 10.2 Å². The summed E-state index contributed by atoms with van der Waals surface area (Å²) in [5.74, 6) is -2.81. The van der Waals surface area contributed by atoms with Gasteiger partial charge in [0.15, 0.2) is 5.82 Å². The highest BCUT2D eigenvalue weighted by Gasteiger charge is 2.32. The third kappa shape index (κ3) is 1.90. The molecule has 0 saturated carbocycles. The second-order valence-electron chi connectivity index (χ2n) is 4.47. The van der Waals surface area contributed by atoms with Crippen LogP contribution in [-0.4, -0.2) is 16.4 Å². The average molecular weight is 342 g/mol. The Labute approximate surface area is 132 Å². The van der Waals surface area contributed by atoms with Gasteiger partial charge in [0.25, 0.3) is 17.4 Å². The van der Waals surface area contributed by atoms with E-state index in [0.29, 0.717) is 0 Å². The van der Waals surface area contributed by atoms with Crippen LogP contribution in [0.5, 0.6) is 0 Å². The van der Waals surface area contributed by atoms with Crippen LogP contribution in [-0.2, 0) is 0 Å². The van der Waals surface area contributed by atoms with E-state index in [9.17, 15) is 18.8 Å². The summed E-state index contributed by atoms with van der Waals surface area (Å²) in [5.41, 5.74) is 4.40. The number of amides is 2. The van der Waals surface area contributed by atoms with E-state index in [1.54, 1.807) is 0 Å². The molecule has 0 bridgehead atoms. The van der Waals surface area contributed by atoms with Crippen molar-refractivity contribution in [3.8, 4) is 5.69 Å². The Kier molecular flexibility index (Phi) is 3.19. The molecule has 22 heavy (non-hydrogen) atoms. The highest BCUT2D eigenvalue weighted by Crippen LogP contribution is 2.30. The smallest absolute Gasteiger partial charge is 0.262 e. The highest BCUT2D eigenvalue weighted by atomic mass is 35.5. The minimum Gasteiger partial charge on any atom is -0.384 e. The number of rotatable bonds is 1. The number of carbonyl (C=O) groups is 2. The van der Waals surface area contributed by atoms with Crippen molar-refractivity contribution < 1.29 is 14.0 Å². The van der Waals surface area contributed by atoms with E-state index >= 15 is 0 Å². The number of hydrogen-bond donors (Lipinski definition) is 2. The molecule has 2 aromatic rings. The highest BCUT2D eigenvalue weighted by molar-refractivity contribution is 6.42. The van der Waals surface area contributed by atoms with Gasteiger partial charge in [0.05, 0.1) is 26.9 Å². The number of benzene rings is 1. The van der Waals surface area contributed by atoms with Gasteiger partial charge < -0.3 is 5.73 Å². The zero-order valence-electron chi connectivity index (χ0n) is 10.6. The number of nitrogens with two attached hydrogens (primary N) is 1. The number of nitrogens with one attached hydrogen (secondary N) is 1. The molecule has 6 nitrogen and oxygen atoms in total. The van der Waals surface area contributed by atoms with E-state index in [0.717, 1.165) is 10.6 Å². The second kappa shape index (κ2) is 4.82. The van der Waals surface area contributed by atoms with Gasteiger partial charge in [-0.15, -0.1) is 0 Å². The first-order valence-corrected chi connectivity index (χ1v) is 6.63. The summed E-state index contributed by atoms with van der Waals surface area (Å²) in [6, 6.07) is 3.39. The molecule has 112 valence electrons. The van der Waals surface area contributed by atoms with Crippen LogP contribution in [0.15, 0.2) is 23.0 Å². The number of imide groups is 1. The van der Waals surface area contributed by atoms with E-state index in [1.807, 2.05) is 5.32 Å².